The van der Waals surface area contributed by atoms with Crippen LogP contribution in [0, 0.1) is 5.82 Å². The highest BCUT2D eigenvalue weighted by molar-refractivity contribution is 9.10. The van der Waals surface area contributed by atoms with Gasteiger partial charge in [0.2, 0.25) is 0 Å². The zero-order valence-corrected chi connectivity index (χ0v) is 12.2. The lowest BCUT2D eigenvalue weighted by atomic mass is 9.82. The fraction of sp³-hybridized carbons (Fsp3) is 0.500. The molecule has 0 unspecified atom stereocenters. The van der Waals surface area contributed by atoms with E-state index in [-0.39, 0.29) is 12.5 Å². The molecule has 0 saturated heterocycles. The summed E-state index contributed by atoms with van der Waals surface area (Å²) in [6, 6.07) is 3.97. The molecule has 1 aliphatic carbocycles. The first kappa shape index (κ1) is 14.5. The van der Waals surface area contributed by atoms with Crippen molar-refractivity contribution in [2.24, 2.45) is 0 Å². The quantitative estimate of drug-likeness (QED) is 0.895. The normalized spacial score (nSPS) is 18.1. The maximum atomic E-state index is 13.0. The van der Waals surface area contributed by atoms with E-state index >= 15 is 0 Å². The van der Waals surface area contributed by atoms with E-state index in [0.717, 1.165) is 32.1 Å². The van der Waals surface area contributed by atoms with Crippen LogP contribution >= 0.6 is 15.9 Å². The van der Waals surface area contributed by atoms with Crippen LogP contribution in [0.2, 0.25) is 0 Å². The summed E-state index contributed by atoms with van der Waals surface area (Å²) >= 11 is 3.19. The summed E-state index contributed by atoms with van der Waals surface area (Å²) in [5.41, 5.74) is -0.136. The third-order valence-electron chi connectivity index (χ3n) is 3.67. The minimum absolute atomic E-state index is 0.0580. The van der Waals surface area contributed by atoms with Gasteiger partial charge in [0.1, 0.15) is 5.82 Å². The zero-order chi connectivity index (χ0) is 13.9. The average molecular weight is 330 g/mol. The van der Waals surface area contributed by atoms with E-state index in [4.69, 9.17) is 0 Å². The van der Waals surface area contributed by atoms with E-state index in [1.807, 2.05) is 0 Å². The van der Waals surface area contributed by atoms with Crippen molar-refractivity contribution in [3.63, 3.8) is 0 Å². The summed E-state index contributed by atoms with van der Waals surface area (Å²) in [5, 5.41) is 12.5. The maximum absolute atomic E-state index is 13.0. The Labute approximate surface area is 120 Å². The molecule has 19 heavy (non-hydrogen) atoms. The number of hydrogen-bond acceptors (Lipinski definition) is 2. The van der Waals surface area contributed by atoms with Crippen molar-refractivity contribution in [1.29, 1.82) is 0 Å². The van der Waals surface area contributed by atoms with Gasteiger partial charge in [-0.1, -0.05) is 19.3 Å². The Kier molecular flexibility index (Phi) is 4.58. The molecule has 2 N–H and O–H groups in total. The third-order valence-corrected chi connectivity index (χ3v) is 4.32. The Hall–Kier alpha value is -0.940. The van der Waals surface area contributed by atoms with Crippen molar-refractivity contribution in [2.75, 3.05) is 6.61 Å². The van der Waals surface area contributed by atoms with E-state index < -0.39 is 11.4 Å². The monoisotopic (exact) mass is 329 g/mol. The van der Waals surface area contributed by atoms with Gasteiger partial charge in [-0.05, 0) is 47.0 Å². The minimum atomic E-state index is -0.525. The molecule has 0 aliphatic heterocycles. The summed E-state index contributed by atoms with van der Waals surface area (Å²) in [7, 11) is 0. The molecule has 0 radical (unpaired) electrons. The summed E-state index contributed by atoms with van der Waals surface area (Å²) in [5.74, 6) is -0.666. The van der Waals surface area contributed by atoms with Gasteiger partial charge in [0, 0.05) is 4.47 Å². The van der Waals surface area contributed by atoms with Crippen LogP contribution in [0.1, 0.15) is 42.5 Å². The molecule has 1 fully saturated rings. The second kappa shape index (κ2) is 6.01. The Morgan fingerprint density at radius 2 is 2.05 bits per heavy atom. The molecule has 1 amide bonds. The minimum Gasteiger partial charge on any atom is -0.394 e. The molecule has 0 spiro atoms. The van der Waals surface area contributed by atoms with Gasteiger partial charge in [0.25, 0.3) is 5.91 Å². The van der Waals surface area contributed by atoms with Gasteiger partial charge in [-0.2, -0.15) is 0 Å². The first-order valence-corrected chi connectivity index (χ1v) is 7.24. The SMILES string of the molecule is O=C(NC1(CO)CCCCC1)c1ccc(F)cc1Br. The predicted octanol–water partition coefficient (Wildman–Crippen LogP) is 3.01. The number of amides is 1. The van der Waals surface area contributed by atoms with Crippen molar-refractivity contribution in [2.45, 2.75) is 37.6 Å². The van der Waals surface area contributed by atoms with Gasteiger partial charge in [0.15, 0.2) is 0 Å². The van der Waals surface area contributed by atoms with Crippen molar-refractivity contribution in [1.82, 2.24) is 5.32 Å². The van der Waals surface area contributed by atoms with Crippen molar-refractivity contribution in [3.05, 3.63) is 34.1 Å². The number of carbonyl (C=O) groups is 1. The number of halogens is 2. The highest BCUT2D eigenvalue weighted by Crippen LogP contribution is 2.28. The van der Waals surface area contributed by atoms with Gasteiger partial charge in [-0.25, -0.2) is 4.39 Å². The molecule has 3 nitrogen and oxygen atoms in total. The first-order valence-electron chi connectivity index (χ1n) is 6.45. The summed E-state index contributed by atoms with van der Waals surface area (Å²) in [6.07, 6.45) is 4.72. The number of rotatable bonds is 3. The topological polar surface area (TPSA) is 49.3 Å². The highest BCUT2D eigenvalue weighted by Gasteiger charge is 2.33. The molecular formula is C14H17BrFNO2. The first-order chi connectivity index (χ1) is 9.06. The van der Waals surface area contributed by atoms with E-state index in [9.17, 15) is 14.3 Å². The number of aliphatic hydroxyl groups excluding tert-OH is 1. The number of hydrogen-bond donors (Lipinski definition) is 2. The fourth-order valence-corrected chi connectivity index (χ4v) is 3.06. The molecule has 1 saturated carbocycles. The van der Waals surface area contributed by atoms with Crippen molar-refractivity contribution in [3.8, 4) is 0 Å². The Morgan fingerprint density at radius 1 is 1.37 bits per heavy atom. The molecule has 2 rings (SSSR count). The lowest BCUT2D eigenvalue weighted by molar-refractivity contribution is 0.0758. The molecule has 1 aliphatic rings. The Bertz CT molecular complexity index is 473. The number of benzene rings is 1. The van der Waals surface area contributed by atoms with Crippen molar-refractivity contribution < 1.29 is 14.3 Å². The van der Waals surface area contributed by atoms with Crippen LogP contribution in [-0.4, -0.2) is 23.2 Å². The smallest absolute Gasteiger partial charge is 0.252 e. The molecule has 104 valence electrons. The van der Waals surface area contributed by atoms with Gasteiger partial charge < -0.3 is 10.4 Å². The molecule has 0 heterocycles. The van der Waals surface area contributed by atoms with Gasteiger partial charge >= 0.3 is 0 Å². The van der Waals surface area contributed by atoms with E-state index in [0.29, 0.717) is 10.0 Å². The van der Waals surface area contributed by atoms with Gasteiger partial charge in [-0.3, -0.25) is 4.79 Å². The van der Waals surface area contributed by atoms with E-state index in [1.54, 1.807) is 0 Å². The van der Waals surface area contributed by atoms with Crippen LogP contribution in [0.15, 0.2) is 22.7 Å². The van der Waals surface area contributed by atoms with Crippen LogP contribution < -0.4 is 5.32 Å². The Morgan fingerprint density at radius 3 is 2.63 bits per heavy atom. The predicted molar refractivity (Wildman–Crippen MR) is 74.5 cm³/mol. The van der Waals surface area contributed by atoms with Crippen LogP contribution in [0.4, 0.5) is 4.39 Å². The second-order valence-corrected chi connectivity index (χ2v) is 5.93. The summed E-state index contributed by atoms with van der Waals surface area (Å²) in [4.78, 5) is 12.2. The molecule has 5 heteroatoms. The standard InChI is InChI=1S/C14H17BrFNO2/c15-12-8-10(16)4-5-11(12)13(19)17-14(9-18)6-2-1-3-7-14/h4-5,8,18H,1-3,6-7,9H2,(H,17,19). The lowest BCUT2D eigenvalue weighted by Gasteiger charge is -2.36. The molecule has 0 atom stereocenters. The van der Waals surface area contributed by atoms with Crippen LogP contribution in [-0.2, 0) is 0 Å². The van der Waals surface area contributed by atoms with Crippen LogP contribution in [0.25, 0.3) is 0 Å². The molecule has 0 bridgehead atoms. The lowest BCUT2D eigenvalue weighted by Crippen LogP contribution is -2.52. The number of aliphatic hydroxyl groups is 1. The second-order valence-electron chi connectivity index (χ2n) is 5.08. The average Bonchev–Trinajstić information content (AvgIpc) is 2.39. The summed E-state index contributed by atoms with van der Waals surface area (Å²) < 4.78 is 13.4. The highest BCUT2D eigenvalue weighted by atomic mass is 79.9. The molecule has 1 aromatic carbocycles. The molecular weight excluding hydrogens is 313 g/mol. The van der Waals surface area contributed by atoms with Crippen LogP contribution in [0.3, 0.4) is 0 Å². The number of nitrogens with one attached hydrogen (secondary N) is 1. The largest absolute Gasteiger partial charge is 0.394 e. The number of carbonyl (C=O) groups excluding carboxylic acids is 1. The van der Waals surface area contributed by atoms with Crippen LogP contribution in [0.5, 0.6) is 0 Å². The maximum Gasteiger partial charge on any atom is 0.252 e. The molecule has 0 aromatic heterocycles. The summed E-state index contributed by atoms with van der Waals surface area (Å²) in [6.45, 7) is -0.0580. The fourth-order valence-electron chi connectivity index (χ4n) is 2.53. The Balaban J connectivity index is 2.15. The third kappa shape index (κ3) is 3.34. The van der Waals surface area contributed by atoms with Gasteiger partial charge in [0.05, 0.1) is 17.7 Å². The van der Waals surface area contributed by atoms with E-state index in [2.05, 4.69) is 21.2 Å². The van der Waals surface area contributed by atoms with E-state index in [1.165, 1.54) is 18.2 Å². The molecule has 1 aromatic rings. The zero-order valence-electron chi connectivity index (χ0n) is 10.6. The van der Waals surface area contributed by atoms with Gasteiger partial charge in [-0.15, -0.1) is 0 Å². The van der Waals surface area contributed by atoms with Crippen molar-refractivity contribution >= 4 is 21.8 Å².